The fourth-order valence-electron chi connectivity index (χ4n) is 4.70. The van der Waals surface area contributed by atoms with Crippen molar-refractivity contribution in [2.75, 3.05) is 44.2 Å². The highest BCUT2D eigenvalue weighted by Gasteiger charge is 2.24. The van der Waals surface area contributed by atoms with Crippen molar-refractivity contribution in [3.05, 3.63) is 70.6 Å². The van der Waals surface area contributed by atoms with Crippen LogP contribution in [0.15, 0.2) is 48.5 Å². The summed E-state index contributed by atoms with van der Waals surface area (Å²) in [6, 6.07) is 14.6. The highest BCUT2D eigenvalue weighted by atomic mass is 32.1. The molecule has 0 radical (unpaired) electrons. The molecule has 0 spiro atoms. The number of hydrogen-bond acceptors (Lipinski definition) is 5. The number of carbonyl (C=O) groups is 1. The summed E-state index contributed by atoms with van der Waals surface area (Å²) in [6.07, 6.45) is 1.38. The van der Waals surface area contributed by atoms with E-state index in [2.05, 4.69) is 15.1 Å². The SMILES string of the molecule is [C-]#[N+]c1ccc(-c2cc(C(=O)N3CCCNCC3)sc2-c2ccc(N3CC[C@H](O)C3)cc2)cc1F. The van der Waals surface area contributed by atoms with Crippen LogP contribution in [0, 0.1) is 12.4 Å². The van der Waals surface area contributed by atoms with Gasteiger partial charge in [-0.25, -0.2) is 9.24 Å². The normalized spacial score (nSPS) is 18.4. The number of carbonyl (C=O) groups excluding carboxylic acids is 1. The van der Waals surface area contributed by atoms with Crippen LogP contribution in [0.25, 0.3) is 26.4 Å². The van der Waals surface area contributed by atoms with Gasteiger partial charge in [-0.3, -0.25) is 4.79 Å². The Labute approximate surface area is 208 Å². The molecule has 5 rings (SSSR count). The van der Waals surface area contributed by atoms with E-state index < -0.39 is 5.82 Å². The van der Waals surface area contributed by atoms with Gasteiger partial charge in [0.15, 0.2) is 0 Å². The molecule has 3 heterocycles. The van der Waals surface area contributed by atoms with Crippen molar-refractivity contribution in [2.45, 2.75) is 18.9 Å². The first-order valence-corrected chi connectivity index (χ1v) is 12.7. The molecule has 2 aromatic carbocycles. The molecule has 2 fully saturated rings. The lowest BCUT2D eigenvalue weighted by Crippen LogP contribution is -2.33. The van der Waals surface area contributed by atoms with Gasteiger partial charge in [-0.15, -0.1) is 11.3 Å². The Morgan fingerprint density at radius 3 is 2.60 bits per heavy atom. The Morgan fingerprint density at radius 1 is 1.09 bits per heavy atom. The summed E-state index contributed by atoms with van der Waals surface area (Å²) >= 11 is 1.42. The van der Waals surface area contributed by atoms with E-state index >= 15 is 0 Å². The number of aliphatic hydroxyl groups excluding tert-OH is 1. The molecule has 0 aliphatic carbocycles. The molecule has 1 amide bonds. The molecular formula is C27H27FN4O2S. The maximum Gasteiger partial charge on any atom is 0.264 e. The van der Waals surface area contributed by atoms with Gasteiger partial charge in [-0.05, 0) is 54.8 Å². The minimum atomic E-state index is -0.566. The maximum absolute atomic E-state index is 14.5. The van der Waals surface area contributed by atoms with Crippen LogP contribution in [-0.2, 0) is 0 Å². The van der Waals surface area contributed by atoms with Crippen molar-refractivity contribution in [1.29, 1.82) is 0 Å². The zero-order valence-electron chi connectivity index (χ0n) is 19.3. The molecule has 1 aromatic heterocycles. The number of anilines is 1. The third-order valence-electron chi connectivity index (χ3n) is 6.61. The van der Waals surface area contributed by atoms with Crippen LogP contribution < -0.4 is 10.2 Å². The minimum Gasteiger partial charge on any atom is -0.391 e. The van der Waals surface area contributed by atoms with Gasteiger partial charge >= 0.3 is 0 Å². The van der Waals surface area contributed by atoms with E-state index in [9.17, 15) is 14.3 Å². The summed E-state index contributed by atoms with van der Waals surface area (Å²) in [5, 5.41) is 13.2. The van der Waals surface area contributed by atoms with Crippen molar-refractivity contribution in [1.82, 2.24) is 10.2 Å². The quantitative estimate of drug-likeness (QED) is 0.517. The number of amides is 1. The van der Waals surface area contributed by atoms with Crippen LogP contribution in [0.3, 0.4) is 0 Å². The lowest BCUT2D eigenvalue weighted by molar-refractivity contribution is 0.0771. The molecule has 2 aliphatic heterocycles. The molecule has 0 saturated carbocycles. The number of halogens is 1. The second-order valence-electron chi connectivity index (χ2n) is 8.96. The third-order valence-corrected chi connectivity index (χ3v) is 7.78. The minimum absolute atomic E-state index is 0.00729. The van der Waals surface area contributed by atoms with E-state index in [1.807, 2.05) is 35.2 Å². The number of rotatable bonds is 4. The number of hydrogen-bond donors (Lipinski definition) is 2. The van der Waals surface area contributed by atoms with Gasteiger partial charge < -0.3 is 20.2 Å². The molecule has 2 saturated heterocycles. The first kappa shape index (κ1) is 23.5. The number of aliphatic hydroxyl groups is 1. The Balaban J connectivity index is 1.52. The second kappa shape index (κ2) is 10.2. The average Bonchev–Trinajstić information content (AvgIpc) is 3.42. The van der Waals surface area contributed by atoms with E-state index in [0.29, 0.717) is 30.1 Å². The van der Waals surface area contributed by atoms with Gasteiger partial charge in [0.2, 0.25) is 5.69 Å². The molecule has 0 unspecified atom stereocenters. The zero-order chi connectivity index (χ0) is 24.4. The smallest absolute Gasteiger partial charge is 0.264 e. The summed E-state index contributed by atoms with van der Waals surface area (Å²) in [5.74, 6) is -0.573. The summed E-state index contributed by atoms with van der Waals surface area (Å²) in [4.78, 5) is 22.2. The Bertz CT molecular complexity index is 1260. The molecule has 8 heteroatoms. The molecule has 2 aliphatic rings. The van der Waals surface area contributed by atoms with Crippen molar-refractivity contribution in [3.63, 3.8) is 0 Å². The van der Waals surface area contributed by atoms with Crippen LogP contribution in [0.5, 0.6) is 0 Å². The van der Waals surface area contributed by atoms with E-state index in [1.54, 1.807) is 6.07 Å². The molecular weight excluding hydrogens is 463 g/mol. The van der Waals surface area contributed by atoms with Crippen LogP contribution in [0.2, 0.25) is 0 Å². The van der Waals surface area contributed by atoms with Gasteiger partial charge in [0.25, 0.3) is 5.91 Å². The molecule has 1 atom stereocenters. The standard InChI is InChI=1S/C27H27FN4O2S/c1-29-24-8-5-19(15-23(24)28)22-16-25(27(34)31-12-2-10-30-11-14-31)35-26(22)18-3-6-20(7-4-18)32-13-9-21(33)17-32/h3-8,15-16,21,30,33H,2,9-14,17H2/t21-/m0/s1. The molecule has 2 N–H and O–H groups in total. The molecule has 3 aromatic rings. The predicted octanol–water partition coefficient (Wildman–Crippen LogP) is 4.78. The van der Waals surface area contributed by atoms with Gasteiger partial charge in [0.05, 0.1) is 17.6 Å². The first-order valence-electron chi connectivity index (χ1n) is 11.9. The van der Waals surface area contributed by atoms with Crippen molar-refractivity contribution in [3.8, 4) is 21.6 Å². The number of nitrogens with one attached hydrogen (secondary N) is 1. The van der Waals surface area contributed by atoms with E-state index in [1.165, 1.54) is 23.5 Å². The Hall–Kier alpha value is -3.25. The van der Waals surface area contributed by atoms with Gasteiger partial charge in [0, 0.05) is 48.9 Å². The zero-order valence-corrected chi connectivity index (χ0v) is 20.2. The fraction of sp³-hybridized carbons (Fsp3) is 0.333. The van der Waals surface area contributed by atoms with Gasteiger partial charge in [-0.1, -0.05) is 24.3 Å². The largest absolute Gasteiger partial charge is 0.391 e. The number of benzene rings is 2. The number of nitrogens with zero attached hydrogens (tertiary/aromatic N) is 3. The monoisotopic (exact) mass is 490 g/mol. The Kier molecular flexibility index (Phi) is 6.82. The van der Waals surface area contributed by atoms with Crippen LogP contribution >= 0.6 is 11.3 Å². The second-order valence-corrected chi connectivity index (χ2v) is 10.0. The van der Waals surface area contributed by atoms with E-state index in [-0.39, 0.29) is 17.7 Å². The average molecular weight is 491 g/mol. The highest BCUT2D eigenvalue weighted by Crippen LogP contribution is 2.41. The molecule has 0 bridgehead atoms. The number of thiophene rings is 1. The van der Waals surface area contributed by atoms with Crippen molar-refractivity contribution < 1.29 is 14.3 Å². The van der Waals surface area contributed by atoms with Crippen molar-refractivity contribution in [2.24, 2.45) is 0 Å². The van der Waals surface area contributed by atoms with E-state index in [0.717, 1.165) is 54.2 Å². The van der Waals surface area contributed by atoms with Crippen LogP contribution in [0.1, 0.15) is 22.5 Å². The topological polar surface area (TPSA) is 60.2 Å². The first-order chi connectivity index (χ1) is 17.0. The van der Waals surface area contributed by atoms with Crippen LogP contribution in [0.4, 0.5) is 15.8 Å². The summed E-state index contributed by atoms with van der Waals surface area (Å²) in [5.41, 5.74) is 3.40. The molecule has 180 valence electrons. The predicted molar refractivity (Wildman–Crippen MR) is 138 cm³/mol. The lowest BCUT2D eigenvalue weighted by atomic mass is 10.0. The molecule has 35 heavy (non-hydrogen) atoms. The van der Waals surface area contributed by atoms with Crippen LogP contribution in [-0.4, -0.2) is 61.3 Å². The maximum atomic E-state index is 14.5. The summed E-state index contributed by atoms with van der Waals surface area (Å²) < 4.78 is 14.5. The highest BCUT2D eigenvalue weighted by molar-refractivity contribution is 7.18. The molecule has 6 nitrogen and oxygen atoms in total. The van der Waals surface area contributed by atoms with E-state index in [4.69, 9.17) is 6.57 Å². The van der Waals surface area contributed by atoms with Crippen molar-refractivity contribution >= 4 is 28.6 Å². The summed E-state index contributed by atoms with van der Waals surface area (Å²) in [6.45, 7) is 11.6. The number of β-amino-alcohol motifs (C(OH)–C–C–N with tert-alkyl or cyclic N) is 1. The fourth-order valence-corrected chi connectivity index (χ4v) is 5.85. The Morgan fingerprint density at radius 2 is 1.89 bits per heavy atom. The lowest BCUT2D eigenvalue weighted by Gasteiger charge is -2.18. The van der Waals surface area contributed by atoms with Gasteiger partial charge in [-0.2, -0.15) is 0 Å². The third kappa shape index (κ3) is 4.94. The van der Waals surface area contributed by atoms with Gasteiger partial charge in [0.1, 0.15) is 5.82 Å². The summed E-state index contributed by atoms with van der Waals surface area (Å²) in [7, 11) is 0.